The van der Waals surface area contributed by atoms with Gasteiger partial charge in [0, 0.05) is 0 Å². The van der Waals surface area contributed by atoms with Crippen molar-refractivity contribution in [1.29, 1.82) is 0 Å². The Morgan fingerprint density at radius 1 is 1.21 bits per heavy atom. The van der Waals surface area contributed by atoms with Crippen LogP contribution in [-0.4, -0.2) is 10.9 Å². The van der Waals surface area contributed by atoms with Gasteiger partial charge in [0.1, 0.15) is 5.01 Å². The molecule has 19 heavy (non-hydrogen) atoms. The molecule has 0 radical (unpaired) electrons. The van der Waals surface area contributed by atoms with Gasteiger partial charge in [0.05, 0.1) is 26.0 Å². The number of hydrogen-bond donors (Lipinski definition) is 1. The smallest absolute Gasteiger partial charge is 0.261 e. The maximum absolute atomic E-state index is 11.9. The Morgan fingerprint density at radius 2 is 2.05 bits per heavy atom. The molecule has 0 unspecified atom stereocenters. The van der Waals surface area contributed by atoms with Crippen molar-refractivity contribution in [3.8, 4) is 0 Å². The third-order valence-electron chi connectivity index (χ3n) is 2.54. The number of halogens is 1. The lowest BCUT2D eigenvalue weighted by molar-refractivity contribution is 0.0955. The minimum absolute atomic E-state index is 0.115. The van der Waals surface area contributed by atoms with Crippen molar-refractivity contribution in [3.05, 3.63) is 50.6 Å². The topological polar surface area (TPSA) is 42.0 Å². The van der Waals surface area contributed by atoms with Crippen LogP contribution >= 0.6 is 34.3 Å². The van der Waals surface area contributed by atoms with Crippen molar-refractivity contribution in [3.63, 3.8) is 0 Å². The maximum Gasteiger partial charge on any atom is 0.261 e. The van der Waals surface area contributed by atoms with Crippen LogP contribution in [0.5, 0.6) is 0 Å². The molecule has 3 rings (SSSR count). The first-order valence-corrected chi connectivity index (χ1v) is 7.61. The number of carbonyl (C=O) groups excluding carboxylic acids is 1. The number of nitrogens with one attached hydrogen (secondary N) is 1. The van der Waals surface area contributed by atoms with Gasteiger partial charge >= 0.3 is 0 Å². The summed E-state index contributed by atoms with van der Waals surface area (Å²) in [5.74, 6) is -0.115. The molecule has 0 saturated heterocycles. The van der Waals surface area contributed by atoms with Crippen molar-refractivity contribution < 1.29 is 4.79 Å². The second kappa shape index (κ2) is 5.28. The third-order valence-corrected chi connectivity index (χ3v) is 4.80. The predicted octanol–water partition coefficient (Wildman–Crippen LogP) is 3.94. The van der Waals surface area contributed by atoms with Crippen molar-refractivity contribution in [2.45, 2.75) is 6.54 Å². The largest absolute Gasteiger partial charge is 0.345 e. The molecule has 0 fully saturated rings. The van der Waals surface area contributed by atoms with E-state index in [2.05, 4.69) is 10.3 Å². The molecule has 96 valence electrons. The summed E-state index contributed by atoms with van der Waals surface area (Å²) in [5.41, 5.74) is 0.968. The number of thiophene rings is 1. The zero-order chi connectivity index (χ0) is 13.2. The Kier molecular flexibility index (Phi) is 3.50. The molecule has 6 heteroatoms. The second-order valence-corrected chi connectivity index (χ2v) is 6.69. The highest BCUT2D eigenvalue weighted by atomic mass is 35.5. The Hall–Kier alpha value is -1.43. The number of amides is 1. The highest BCUT2D eigenvalue weighted by molar-refractivity contribution is 7.18. The summed E-state index contributed by atoms with van der Waals surface area (Å²) >= 11 is 8.67. The molecular formula is C13H9ClN2OS2. The van der Waals surface area contributed by atoms with Gasteiger partial charge in [0.2, 0.25) is 0 Å². The van der Waals surface area contributed by atoms with Crippen LogP contribution < -0.4 is 5.32 Å². The number of rotatable bonds is 3. The van der Waals surface area contributed by atoms with Gasteiger partial charge in [-0.1, -0.05) is 23.7 Å². The van der Waals surface area contributed by atoms with Gasteiger partial charge in [-0.2, -0.15) is 0 Å². The first-order chi connectivity index (χ1) is 9.22. The van der Waals surface area contributed by atoms with Crippen LogP contribution in [0.3, 0.4) is 0 Å². The molecule has 0 atom stereocenters. The molecule has 1 N–H and O–H groups in total. The third kappa shape index (κ3) is 2.78. The zero-order valence-corrected chi connectivity index (χ0v) is 12.1. The average Bonchev–Trinajstić information content (AvgIpc) is 3.01. The first kappa shape index (κ1) is 12.6. The quantitative estimate of drug-likeness (QED) is 0.796. The van der Waals surface area contributed by atoms with E-state index in [1.807, 2.05) is 24.3 Å². The van der Waals surface area contributed by atoms with Crippen LogP contribution in [0.4, 0.5) is 0 Å². The number of aromatic nitrogens is 1. The van der Waals surface area contributed by atoms with E-state index < -0.39 is 0 Å². The molecule has 1 amide bonds. The molecule has 1 aromatic carbocycles. The van der Waals surface area contributed by atoms with Crippen LogP contribution in [0.2, 0.25) is 4.34 Å². The summed E-state index contributed by atoms with van der Waals surface area (Å²) < 4.78 is 1.75. The lowest BCUT2D eigenvalue weighted by atomic mass is 10.3. The number of thiazole rings is 1. The zero-order valence-electron chi connectivity index (χ0n) is 9.72. The lowest BCUT2D eigenvalue weighted by Crippen LogP contribution is -2.21. The number of fused-ring (bicyclic) bond motifs is 1. The molecule has 3 nitrogen and oxygen atoms in total. The van der Waals surface area contributed by atoms with Crippen LogP contribution in [-0.2, 0) is 6.54 Å². The van der Waals surface area contributed by atoms with Crippen molar-refractivity contribution in [2.24, 2.45) is 0 Å². The summed E-state index contributed by atoms with van der Waals surface area (Å²) in [5, 5.41) is 3.75. The predicted molar refractivity (Wildman–Crippen MR) is 80.1 cm³/mol. The summed E-state index contributed by atoms with van der Waals surface area (Å²) in [6.45, 7) is 0.438. The number of nitrogens with zero attached hydrogens (tertiary/aromatic N) is 1. The summed E-state index contributed by atoms with van der Waals surface area (Å²) in [6.07, 6.45) is 0. The van der Waals surface area contributed by atoms with Gasteiger partial charge in [0.25, 0.3) is 5.91 Å². The van der Waals surface area contributed by atoms with E-state index >= 15 is 0 Å². The molecule has 0 spiro atoms. The normalized spacial score (nSPS) is 10.8. The fraction of sp³-hybridized carbons (Fsp3) is 0.0769. The molecular weight excluding hydrogens is 300 g/mol. The summed E-state index contributed by atoms with van der Waals surface area (Å²) in [7, 11) is 0. The molecule has 0 bridgehead atoms. The van der Waals surface area contributed by atoms with E-state index in [9.17, 15) is 4.79 Å². The van der Waals surface area contributed by atoms with Crippen molar-refractivity contribution in [2.75, 3.05) is 0 Å². The summed E-state index contributed by atoms with van der Waals surface area (Å²) in [4.78, 5) is 16.9. The van der Waals surface area contributed by atoms with E-state index in [4.69, 9.17) is 11.6 Å². The van der Waals surface area contributed by atoms with Gasteiger partial charge in [0.15, 0.2) is 0 Å². The van der Waals surface area contributed by atoms with Gasteiger partial charge < -0.3 is 5.32 Å². The van der Waals surface area contributed by atoms with Crippen LogP contribution in [0.1, 0.15) is 14.7 Å². The lowest BCUT2D eigenvalue weighted by Gasteiger charge is -1.99. The number of hydrogen-bond acceptors (Lipinski definition) is 4. The van der Waals surface area contributed by atoms with Gasteiger partial charge in [-0.25, -0.2) is 4.98 Å². The average molecular weight is 309 g/mol. The highest BCUT2D eigenvalue weighted by Gasteiger charge is 2.09. The van der Waals surface area contributed by atoms with E-state index in [0.717, 1.165) is 15.2 Å². The van der Waals surface area contributed by atoms with Gasteiger partial charge in [-0.05, 0) is 24.3 Å². The van der Waals surface area contributed by atoms with E-state index in [0.29, 0.717) is 15.8 Å². The molecule has 0 aliphatic heterocycles. The minimum Gasteiger partial charge on any atom is -0.345 e. The fourth-order valence-electron chi connectivity index (χ4n) is 1.67. The molecule has 0 saturated carbocycles. The van der Waals surface area contributed by atoms with E-state index in [1.54, 1.807) is 23.5 Å². The Bertz CT molecular complexity index is 702. The van der Waals surface area contributed by atoms with Crippen LogP contribution in [0, 0.1) is 0 Å². The van der Waals surface area contributed by atoms with Gasteiger partial charge in [-0.15, -0.1) is 22.7 Å². The van der Waals surface area contributed by atoms with Crippen LogP contribution in [0.25, 0.3) is 10.2 Å². The number of benzene rings is 1. The van der Waals surface area contributed by atoms with Crippen molar-refractivity contribution in [1.82, 2.24) is 10.3 Å². The first-order valence-electron chi connectivity index (χ1n) is 5.60. The monoisotopic (exact) mass is 308 g/mol. The standard InChI is InChI=1S/C13H9ClN2OS2/c14-11-6-5-10(18-11)13(17)15-7-12-16-8-3-1-2-4-9(8)19-12/h1-6H,7H2,(H,15,17). The van der Waals surface area contributed by atoms with E-state index in [1.165, 1.54) is 11.3 Å². The molecule has 0 aliphatic carbocycles. The molecule has 0 aliphatic rings. The van der Waals surface area contributed by atoms with Crippen LogP contribution in [0.15, 0.2) is 36.4 Å². The SMILES string of the molecule is O=C(NCc1nc2ccccc2s1)c1ccc(Cl)s1. The fourth-order valence-corrected chi connectivity index (χ4v) is 3.54. The second-order valence-electron chi connectivity index (χ2n) is 3.86. The maximum atomic E-state index is 11.9. The Morgan fingerprint density at radius 3 is 2.79 bits per heavy atom. The van der Waals surface area contributed by atoms with E-state index in [-0.39, 0.29) is 5.91 Å². The number of carbonyl (C=O) groups is 1. The molecule has 2 aromatic heterocycles. The van der Waals surface area contributed by atoms with Crippen molar-refractivity contribution >= 4 is 50.4 Å². The highest BCUT2D eigenvalue weighted by Crippen LogP contribution is 2.23. The Balaban J connectivity index is 1.70. The Labute approximate surface area is 122 Å². The number of para-hydroxylation sites is 1. The summed E-state index contributed by atoms with van der Waals surface area (Å²) in [6, 6.07) is 11.4. The molecule has 3 aromatic rings. The minimum atomic E-state index is -0.115. The van der Waals surface area contributed by atoms with Gasteiger partial charge in [-0.3, -0.25) is 4.79 Å². The molecule has 2 heterocycles.